The molecule has 1 aliphatic rings. The number of hydrogen-bond donors (Lipinski definition) is 1. The van der Waals surface area contributed by atoms with E-state index in [9.17, 15) is 4.79 Å². The predicted molar refractivity (Wildman–Crippen MR) is 72.1 cm³/mol. The van der Waals surface area contributed by atoms with Crippen LogP contribution >= 0.6 is 11.8 Å². The summed E-state index contributed by atoms with van der Waals surface area (Å²) >= 11 is 1.71. The van der Waals surface area contributed by atoms with Crippen molar-refractivity contribution in [3.8, 4) is 0 Å². The first kappa shape index (κ1) is 14.8. The van der Waals surface area contributed by atoms with Gasteiger partial charge in [0.05, 0.1) is 6.10 Å². The summed E-state index contributed by atoms with van der Waals surface area (Å²) in [6.45, 7) is 3.30. The molecule has 0 aliphatic carbocycles. The van der Waals surface area contributed by atoms with E-state index in [-0.39, 0.29) is 24.0 Å². The van der Waals surface area contributed by atoms with Crippen LogP contribution in [0, 0.1) is 5.92 Å². The van der Waals surface area contributed by atoms with Gasteiger partial charge in [0.25, 0.3) is 0 Å². The molecule has 100 valence electrons. The van der Waals surface area contributed by atoms with Crippen LogP contribution in [0.3, 0.4) is 0 Å². The van der Waals surface area contributed by atoms with Crippen molar-refractivity contribution in [2.24, 2.45) is 11.7 Å². The molecule has 17 heavy (non-hydrogen) atoms. The van der Waals surface area contributed by atoms with Crippen molar-refractivity contribution in [1.29, 1.82) is 0 Å². The van der Waals surface area contributed by atoms with E-state index < -0.39 is 0 Å². The fourth-order valence-corrected chi connectivity index (χ4v) is 2.99. The van der Waals surface area contributed by atoms with Crippen molar-refractivity contribution in [1.82, 2.24) is 4.90 Å². The van der Waals surface area contributed by atoms with E-state index in [0.717, 1.165) is 25.1 Å². The number of carbonyl (C=O) groups is 1. The Kier molecular flexibility index (Phi) is 6.30. The van der Waals surface area contributed by atoms with E-state index >= 15 is 0 Å². The van der Waals surface area contributed by atoms with Crippen LogP contribution in [0.15, 0.2) is 0 Å². The summed E-state index contributed by atoms with van der Waals surface area (Å²) in [5.74, 6) is 1.20. The molecule has 1 aliphatic heterocycles. The van der Waals surface area contributed by atoms with Gasteiger partial charge in [0.1, 0.15) is 0 Å². The topological polar surface area (TPSA) is 55.6 Å². The van der Waals surface area contributed by atoms with Crippen LogP contribution < -0.4 is 5.73 Å². The Hall–Kier alpha value is -0.260. The molecule has 0 aromatic carbocycles. The molecule has 0 radical (unpaired) electrons. The van der Waals surface area contributed by atoms with Crippen LogP contribution in [-0.2, 0) is 9.53 Å². The van der Waals surface area contributed by atoms with Gasteiger partial charge in [-0.05, 0) is 19.1 Å². The molecule has 0 saturated carbocycles. The van der Waals surface area contributed by atoms with Gasteiger partial charge in [0.2, 0.25) is 5.91 Å². The first-order valence-electron chi connectivity index (χ1n) is 6.16. The number of ether oxygens (including phenoxy) is 1. The zero-order valence-corrected chi connectivity index (χ0v) is 11.8. The van der Waals surface area contributed by atoms with Crippen molar-refractivity contribution >= 4 is 17.7 Å². The predicted octanol–water partition coefficient (Wildman–Crippen LogP) is 0.950. The van der Waals surface area contributed by atoms with Crippen LogP contribution in [0.25, 0.3) is 0 Å². The van der Waals surface area contributed by atoms with Gasteiger partial charge in [0.15, 0.2) is 0 Å². The Bertz CT molecular complexity index is 251. The Morgan fingerprint density at radius 1 is 1.65 bits per heavy atom. The van der Waals surface area contributed by atoms with Crippen LogP contribution in [0.1, 0.15) is 19.8 Å². The molecule has 1 saturated heterocycles. The van der Waals surface area contributed by atoms with Crippen molar-refractivity contribution in [2.45, 2.75) is 31.9 Å². The summed E-state index contributed by atoms with van der Waals surface area (Å²) in [6, 6.07) is 0.144. The maximum Gasteiger partial charge on any atom is 0.226 e. The molecule has 0 aromatic heterocycles. The molecule has 2 N–H and O–H groups in total. The normalized spacial score (nSPS) is 26.9. The van der Waals surface area contributed by atoms with Gasteiger partial charge in [-0.25, -0.2) is 0 Å². The van der Waals surface area contributed by atoms with Crippen LogP contribution in [0.2, 0.25) is 0 Å². The lowest BCUT2D eigenvalue weighted by Gasteiger charge is -2.39. The summed E-state index contributed by atoms with van der Waals surface area (Å²) in [7, 11) is 1.73. The number of hydrogen-bond acceptors (Lipinski definition) is 4. The largest absolute Gasteiger partial charge is 0.381 e. The standard InChI is InChI=1S/C12H24N2O2S/c1-9(8-17-3)12(15)14-5-4-11(16-2)6-10(14)7-13/h9-11H,4-8,13H2,1-3H3. The number of carbonyl (C=O) groups excluding carboxylic acids is 1. The SMILES string of the molecule is COC1CCN(C(=O)C(C)CSC)C(CN)C1. The third-order valence-electron chi connectivity index (χ3n) is 3.39. The minimum absolute atomic E-state index is 0.0816. The molecule has 0 bridgehead atoms. The van der Waals surface area contributed by atoms with Crippen molar-refractivity contribution in [3.05, 3.63) is 0 Å². The highest BCUT2D eigenvalue weighted by Crippen LogP contribution is 2.21. The van der Waals surface area contributed by atoms with Gasteiger partial charge >= 0.3 is 0 Å². The molecule has 1 amide bonds. The van der Waals surface area contributed by atoms with Gasteiger partial charge in [0, 0.05) is 37.9 Å². The van der Waals surface area contributed by atoms with E-state index in [1.807, 2.05) is 18.1 Å². The number of methoxy groups -OCH3 is 1. The summed E-state index contributed by atoms with van der Waals surface area (Å²) in [5.41, 5.74) is 5.77. The molecule has 1 rings (SSSR count). The monoisotopic (exact) mass is 260 g/mol. The highest BCUT2D eigenvalue weighted by molar-refractivity contribution is 7.98. The lowest BCUT2D eigenvalue weighted by atomic mass is 9.97. The Morgan fingerprint density at radius 2 is 2.35 bits per heavy atom. The van der Waals surface area contributed by atoms with E-state index in [4.69, 9.17) is 10.5 Å². The maximum absolute atomic E-state index is 12.3. The van der Waals surface area contributed by atoms with Gasteiger partial charge in [-0.2, -0.15) is 11.8 Å². The zero-order valence-electron chi connectivity index (χ0n) is 11.0. The number of amides is 1. The number of nitrogens with two attached hydrogens (primary N) is 1. The first-order valence-corrected chi connectivity index (χ1v) is 7.55. The number of rotatable bonds is 5. The van der Waals surface area contributed by atoms with Crippen molar-refractivity contribution in [2.75, 3.05) is 32.2 Å². The fourth-order valence-electron chi connectivity index (χ4n) is 2.35. The summed E-state index contributed by atoms with van der Waals surface area (Å²) in [4.78, 5) is 14.2. The molecule has 1 fully saturated rings. The summed E-state index contributed by atoms with van der Waals surface area (Å²) in [6.07, 6.45) is 4.07. The molecule has 3 atom stereocenters. The van der Waals surface area contributed by atoms with Gasteiger partial charge in [-0.15, -0.1) is 0 Å². The Morgan fingerprint density at radius 3 is 2.88 bits per heavy atom. The fraction of sp³-hybridized carbons (Fsp3) is 0.917. The Labute approximate surface area is 108 Å². The summed E-state index contributed by atoms with van der Waals surface area (Å²) in [5, 5.41) is 0. The second-order valence-electron chi connectivity index (χ2n) is 4.66. The van der Waals surface area contributed by atoms with Crippen LogP contribution in [-0.4, -0.2) is 55.2 Å². The molecular formula is C12H24N2O2S. The molecule has 5 heteroatoms. The molecule has 0 spiro atoms. The van der Waals surface area contributed by atoms with E-state index in [2.05, 4.69) is 0 Å². The third kappa shape index (κ3) is 3.86. The van der Waals surface area contributed by atoms with Gasteiger partial charge in [-0.1, -0.05) is 6.92 Å². The van der Waals surface area contributed by atoms with E-state index in [0.29, 0.717) is 6.54 Å². The number of thioether (sulfide) groups is 1. The highest BCUT2D eigenvalue weighted by Gasteiger charge is 2.32. The van der Waals surface area contributed by atoms with E-state index in [1.165, 1.54) is 0 Å². The lowest BCUT2D eigenvalue weighted by Crippen LogP contribution is -2.52. The third-order valence-corrected chi connectivity index (χ3v) is 4.23. The molecule has 0 aromatic rings. The number of nitrogens with zero attached hydrogens (tertiary/aromatic N) is 1. The lowest BCUT2D eigenvalue weighted by molar-refractivity contribution is -0.139. The second kappa shape index (κ2) is 7.24. The summed E-state index contributed by atoms with van der Waals surface area (Å²) < 4.78 is 5.36. The average Bonchev–Trinajstić information content (AvgIpc) is 2.37. The highest BCUT2D eigenvalue weighted by atomic mass is 32.2. The van der Waals surface area contributed by atoms with Crippen LogP contribution in [0.4, 0.5) is 0 Å². The number of likely N-dealkylation sites (tertiary alicyclic amines) is 1. The minimum Gasteiger partial charge on any atom is -0.381 e. The second-order valence-corrected chi connectivity index (χ2v) is 5.57. The average molecular weight is 260 g/mol. The minimum atomic E-state index is 0.0816. The van der Waals surface area contributed by atoms with Crippen LogP contribution in [0.5, 0.6) is 0 Å². The number of piperidine rings is 1. The smallest absolute Gasteiger partial charge is 0.226 e. The zero-order chi connectivity index (χ0) is 12.8. The van der Waals surface area contributed by atoms with E-state index in [1.54, 1.807) is 18.9 Å². The molecule has 1 heterocycles. The van der Waals surface area contributed by atoms with Gasteiger partial charge < -0.3 is 15.4 Å². The molecule has 3 unspecified atom stereocenters. The quantitative estimate of drug-likeness (QED) is 0.799. The van der Waals surface area contributed by atoms with Gasteiger partial charge in [-0.3, -0.25) is 4.79 Å². The van der Waals surface area contributed by atoms with Crippen molar-refractivity contribution in [3.63, 3.8) is 0 Å². The first-order chi connectivity index (χ1) is 8.13. The molecular weight excluding hydrogens is 236 g/mol. The molecule has 4 nitrogen and oxygen atoms in total. The Balaban J connectivity index is 2.60. The maximum atomic E-state index is 12.3. The van der Waals surface area contributed by atoms with Crippen molar-refractivity contribution < 1.29 is 9.53 Å².